The second kappa shape index (κ2) is 6.97. The van der Waals surface area contributed by atoms with E-state index < -0.39 is 4.92 Å². The van der Waals surface area contributed by atoms with Crippen LogP contribution in [0.25, 0.3) is 0 Å². The zero-order valence-electron chi connectivity index (χ0n) is 11.8. The Labute approximate surface area is 122 Å². The predicted molar refractivity (Wildman–Crippen MR) is 77.1 cm³/mol. The average molecular weight is 290 g/mol. The molecule has 1 heterocycles. The van der Waals surface area contributed by atoms with Gasteiger partial charge < -0.3 is 4.90 Å². The van der Waals surface area contributed by atoms with Crippen molar-refractivity contribution in [2.45, 2.75) is 32.1 Å². The minimum Gasteiger partial charge on any atom is -0.335 e. The fourth-order valence-electron chi connectivity index (χ4n) is 2.44. The van der Waals surface area contributed by atoms with Gasteiger partial charge in [-0.2, -0.15) is 0 Å². The SMILES string of the molecule is O=C(CN1CCCCCCC1=O)c1cccc([N+](=O)[O-])c1. The van der Waals surface area contributed by atoms with Crippen LogP contribution in [-0.4, -0.2) is 34.6 Å². The Morgan fingerprint density at radius 1 is 1.24 bits per heavy atom. The van der Waals surface area contributed by atoms with E-state index in [0.29, 0.717) is 13.0 Å². The summed E-state index contributed by atoms with van der Waals surface area (Å²) in [6.45, 7) is 0.583. The third kappa shape index (κ3) is 4.11. The molecule has 6 nitrogen and oxygen atoms in total. The van der Waals surface area contributed by atoms with Gasteiger partial charge in [-0.25, -0.2) is 0 Å². The van der Waals surface area contributed by atoms with Gasteiger partial charge in [-0.3, -0.25) is 19.7 Å². The van der Waals surface area contributed by atoms with E-state index in [1.165, 1.54) is 18.2 Å². The summed E-state index contributed by atoms with van der Waals surface area (Å²) in [5, 5.41) is 10.7. The van der Waals surface area contributed by atoms with Crippen LogP contribution in [0.4, 0.5) is 5.69 Å². The van der Waals surface area contributed by atoms with Gasteiger partial charge in [0, 0.05) is 30.7 Å². The highest BCUT2D eigenvalue weighted by Gasteiger charge is 2.20. The van der Waals surface area contributed by atoms with Crippen LogP contribution in [0.15, 0.2) is 24.3 Å². The number of rotatable bonds is 4. The Morgan fingerprint density at radius 2 is 2.00 bits per heavy atom. The molecule has 1 aliphatic heterocycles. The van der Waals surface area contributed by atoms with E-state index in [9.17, 15) is 19.7 Å². The number of nitrogens with zero attached hydrogens (tertiary/aromatic N) is 2. The van der Waals surface area contributed by atoms with Crippen LogP contribution in [0.5, 0.6) is 0 Å². The lowest BCUT2D eigenvalue weighted by Crippen LogP contribution is -2.37. The predicted octanol–water partition coefficient (Wildman–Crippen LogP) is 2.57. The van der Waals surface area contributed by atoms with E-state index in [1.54, 1.807) is 11.0 Å². The number of nitro benzene ring substituents is 1. The maximum absolute atomic E-state index is 12.2. The van der Waals surface area contributed by atoms with Crippen molar-refractivity contribution < 1.29 is 14.5 Å². The summed E-state index contributed by atoms with van der Waals surface area (Å²) in [5.74, 6) is -0.263. The molecule has 2 rings (SSSR count). The molecule has 1 aromatic rings. The number of benzene rings is 1. The minimum atomic E-state index is -0.530. The van der Waals surface area contributed by atoms with E-state index in [2.05, 4.69) is 0 Å². The third-order valence-electron chi connectivity index (χ3n) is 3.63. The van der Waals surface area contributed by atoms with Gasteiger partial charge in [-0.05, 0) is 12.8 Å². The lowest BCUT2D eigenvalue weighted by molar-refractivity contribution is -0.384. The number of ketones is 1. The average Bonchev–Trinajstić information content (AvgIpc) is 2.47. The van der Waals surface area contributed by atoms with Gasteiger partial charge in [0.1, 0.15) is 0 Å². The topological polar surface area (TPSA) is 80.5 Å². The molecule has 0 bridgehead atoms. The third-order valence-corrected chi connectivity index (χ3v) is 3.63. The van der Waals surface area contributed by atoms with E-state index in [1.807, 2.05) is 0 Å². The van der Waals surface area contributed by atoms with Crippen molar-refractivity contribution in [3.05, 3.63) is 39.9 Å². The van der Waals surface area contributed by atoms with Crippen LogP contribution in [0.1, 0.15) is 42.5 Å². The number of carbonyl (C=O) groups is 2. The van der Waals surface area contributed by atoms with Crippen LogP contribution in [-0.2, 0) is 4.79 Å². The number of amides is 1. The summed E-state index contributed by atoms with van der Waals surface area (Å²) < 4.78 is 0. The van der Waals surface area contributed by atoms with Crippen LogP contribution in [0.2, 0.25) is 0 Å². The first-order valence-corrected chi connectivity index (χ1v) is 7.13. The van der Waals surface area contributed by atoms with Crippen molar-refractivity contribution in [2.75, 3.05) is 13.1 Å². The van der Waals surface area contributed by atoms with Crippen molar-refractivity contribution in [3.8, 4) is 0 Å². The number of carbonyl (C=O) groups excluding carboxylic acids is 2. The summed E-state index contributed by atoms with van der Waals surface area (Å²) >= 11 is 0. The van der Waals surface area contributed by atoms with E-state index >= 15 is 0 Å². The van der Waals surface area contributed by atoms with Gasteiger partial charge in [-0.1, -0.05) is 25.0 Å². The summed E-state index contributed by atoms with van der Waals surface area (Å²) in [5.41, 5.74) is 0.166. The summed E-state index contributed by atoms with van der Waals surface area (Å²) in [6.07, 6.45) is 4.35. The maximum Gasteiger partial charge on any atom is 0.270 e. The Balaban J connectivity index is 2.07. The minimum absolute atomic E-state index is 0.000000945. The van der Waals surface area contributed by atoms with Gasteiger partial charge in [0.15, 0.2) is 5.78 Å². The molecular formula is C15H18N2O4. The number of Topliss-reactive ketones (excluding diaryl/α,β-unsaturated/α-hetero) is 1. The molecule has 0 saturated carbocycles. The van der Waals surface area contributed by atoms with Crippen LogP contribution < -0.4 is 0 Å². The fraction of sp³-hybridized carbons (Fsp3) is 0.467. The van der Waals surface area contributed by atoms with E-state index in [4.69, 9.17) is 0 Å². The van der Waals surface area contributed by atoms with E-state index in [-0.39, 0.29) is 29.5 Å². The Kier molecular flexibility index (Phi) is 5.03. The van der Waals surface area contributed by atoms with Crippen molar-refractivity contribution in [3.63, 3.8) is 0 Å². The standard InChI is InChI=1S/C15H18N2O4/c18-14(12-6-5-7-13(10-12)17(20)21)11-16-9-4-2-1-3-8-15(16)19/h5-7,10H,1-4,8-9,11H2. The molecule has 0 aromatic heterocycles. The molecule has 0 atom stereocenters. The van der Waals surface area contributed by atoms with Crippen molar-refractivity contribution >= 4 is 17.4 Å². The molecule has 0 aliphatic carbocycles. The molecule has 0 radical (unpaired) electrons. The number of hydrogen-bond acceptors (Lipinski definition) is 4. The molecule has 1 fully saturated rings. The summed E-state index contributed by atoms with van der Waals surface area (Å²) in [6, 6.07) is 5.64. The quantitative estimate of drug-likeness (QED) is 0.485. The first kappa shape index (κ1) is 15.2. The Hall–Kier alpha value is -2.24. The highest BCUT2D eigenvalue weighted by atomic mass is 16.6. The number of hydrogen-bond donors (Lipinski definition) is 0. The normalized spacial score (nSPS) is 16.2. The van der Waals surface area contributed by atoms with Gasteiger partial charge in [0.05, 0.1) is 11.5 Å². The Morgan fingerprint density at radius 3 is 2.76 bits per heavy atom. The van der Waals surface area contributed by atoms with Gasteiger partial charge in [0.25, 0.3) is 5.69 Å². The molecule has 1 aromatic carbocycles. The van der Waals surface area contributed by atoms with Gasteiger partial charge in [0.2, 0.25) is 5.91 Å². The first-order chi connectivity index (χ1) is 10.1. The molecule has 21 heavy (non-hydrogen) atoms. The van der Waals surface area contributed by atoms with Crippen LogP contribution in [0.3, 0.4) is 0 Å². The second-order valence-electron chi connectivity index (χ2n) is 5.21. The first-order valence-electron chi connectivity index (χ1n) is 7.13. The van der Waals surface area contributed by atoms with E-state index in [0.717, 1.165) is 25.7 Å². The lowest BCUT2D eigenvalue weighted by Gasteiger charge is -2.24. The zero-order valence-corrected chi connectivity index (χ0v) is 11.8. The summed E-state index contributed by atoms with van der Waals surface area (Å²) in [4.78, 5) is 36.0. The van der Waals surface area contributed by atoms with Gasteiger partial charge >= 0.3 is 0 Å². The van der Waals surface area contributed by atoms with Crippen molar-refractivity contribution in [2.24, 2.45) is 0 Å². The molecule has 0 N–H and O–H groups in total. The molecule has 0 spiro atoms. The molecule has 112 valence electrons. The van der Waals surface area contributed by atoms with Crippen LogP contribution in [0, 0.1) is 10.1 Å². The smallest absolute Gasteiger partial charge is 0.270 e. The molecular weight excluding hydrogens is 272 g/mol. The highest BCUT2D eigenvalue weighted by Crippen LogP contribution is 2.16. The number of non-ortho nitro benzene ring substituents is 1. The molecule has 1 saturated heterocycles. The number of likely N-dealkylation sites (tertiary alicyclic amines) is 1. The summed E-state index contributed by atoms with van der Waals surface area (Å²) in [7, 11) is 0. The lowest BCUT2D eigenvalue weighted by atomic mass is 10.1. The Bertz CT molecular complexity index is 556. The largest absolute Gasteiger partial charge is 0.335 e. The molecule has 0 unspecified atom stereocenters. The second-order valence-corrected chi connectivity index (χ2v) is 5.21. The number of nitro groups is 1. The fourth-order valence-corrected chi connectivity index (χ4v) is 2.44. The van der Waals surface area contributed by atoms with Crippen LogP contribution >= 0.6 is 0 Å². The van der Waals surface area contributed by atoms with Crippen molar-refractivity contribution in [1.29, 1.82) is 0 Å². The van der Waals surface area contributed by atoms with Crippen molar-refractivity contribution in [1.82, 2.24) is 4.90 Å². The zero-order chi connectivity index (χ0) is 15.2. The molecule has 1 aliphatic rings. The highest BCUT2D eigenvalue weighted by molar-refractivity contribution is 5.99. The van der Waals surface area contributed by atoms with Gasteiger partial charge in [-0.15, -0.1) is 0 Å². The molecule has 6 heteroatoms. The maximum atomic E-state index is 12.2. The monoisotopic (exact) mass is 290 g/mol. The molecule has 1 amide bonds.